The summed E-state index contributed by atoms with van der Waals surface area (Å²) in [5.41, 5.74) is 4.81. The van der Waals surface area contributed by atoms with Crippen LogP contribution in [-0.4, -0.2) is 17.3 Å². The molecule has 3 rings (SSSR count). The summed E-state index contributed by atoms with van der Waals surface area (Å²) in [6, 6.07) is 13.9. The second-order valence-electron chi connectivity index (χ2n) is 4.97. The average molecular weight is 279 g/mol. The molecule has 0 unspecified atom stereocenters. The summed E-state index contributed by atoms with van der Waals surface area (Å²) in [6.45, 7) is 4.65. The molecule has 21 heavy (non-hydrogen) atoms. The van der Waals surface area contributed by atoms with E-state index in [1.807, 2.05) is 66.9 Å². The number of carbonyl (C=O) groups is 1. The lowest BCUT2D eigenvalue weighted by Gasteiger charge is -2.09. The summed E-state index contributed by atoms with van der Waals surface area (Å²) in [6.07, 6.45) is 2.82. The maximum absolute atomic E-state index is 11.5. The molecule has 3 heteroatoms. The molecule has 0 aliphatic heterocycles. The minimum Gasteiger partial charge on any atom is -0.494 e. The third kappa shape index (κ3) is 2.31. The highest BCUT2D eigenvalue weighted by Crippen LogP contribution is 2.31. The zero-order valence-corrected chi connectivity index (χ0v) is 12.2. The van der Waals surface area contributed by atoms with Crippen molar-refractivity contribution >= 4 is 11.8 Å². The van der Waals surface area contributed by atoms with Crippen molar-refractivity contribution in [2.24, 2.45) is 0 Å². The first-order chi connectivity index (χ1) is 10.2. The van der Waals surface area contributed by atoms with Gasteiger partial charge in [-0.2, -0.15) is 0 Å². The van der Waals surface area contributed by atoms with E-state index in [2.05, 4.69) is 0 Å². The van der Waals surface area contributed by atoms with Gasteiger partial charge >= 0.3 is 0 Å². The monoisotopic (exact) mass is 279 g/mol. The van der Waals surface area contributed by atoms with Crippen LogP contribution in [0.2, 0.25) is 0 Å². The summed E-state index contributed by atoms with van der Waals surface area (Å²) in [7, 11) is 0. The van der Waals surface area contributed by atoms with Gasteiger partial charge in [0.1, 0.15) is 5.75 Å². The van der Waals surface area contributed by atoms with E-state index < -0.39 is 0 Å². The van der Waals surface area contributed by atoms with Crippen LogP contribution in [-0.2, 0) is 0 Å². The molecule has 0 aliphatic rings. The van der Waals surface area contributed by atoms with Crippen LogP contribution in [0.15, 0.2) is 48.7 Å². The Morgan fingerprint density at radius 1 is 1.14 bits per heavy atom. The SMILES string of the molecule is CCOc1ccc(-c2cc3ccccn3c2C=O)c(C)c1. The molecule has 106 valence electrons. The molecule has 3 aromatic rings. The first-order valence-electron chi connectivity index (χ1n) is 7.03. The van der Waals surface area contributed by atoms with Crippen molar-refractivity contribution in [3.8, 4) is 16.9 Å². The molecule has 0 atom stereocenters. The van der Waals surface area contributed by atoms with Crippen molar-refractivity contribution in [1.29, 1.82) is 0 Å². The van der Waals surface area contributed by atoms with E-state index in [-0.39, 0.29) is 0 Å². The molecule has 0 spiro atoms. The predicted octanol–water partition coefficient (Wildman–Crippen LogP) is 4.13. The minimum atomic E-state index is 0.647. The first kappa shape index (κ1) is 13.4. The van der Waals surface area contributed by atoms with Gasteiger partial charge in [0.25, 0.3) is 0 Å². The molecule has 0 radical (unpaired) electrons. The summed E-state index contributed by atoms with van der Waals surface area (Å²) in [4.78, 5) is 11.5. The van der Waals surface area contributed by atoms with Crippen molar-refractivity contribution in [1.82, 2.24) is 4.40 Å². The zero-order valence-electron chi connectivity index (χ0n) is 12.2. The summed E-state index contributed by atoms with van der Waals surface area (Å²) >= 11 is 0. The van der Waals surface area contributed by atoms with E-state index in [9.17, 15) is 4.79 Å². The number of fused-ring (bicyclic) bond motifs is 1. The van der Waals surface area contributed by atoms with Crippen molar-refractivity contribution < 1.29 is 9.53 Å². The van der Waals surface area contributed by atoms with Crippen LogP contribution in [0.4, 0.5) is 0 Å². The number of benzene rings is 1. The third-order valence-corrected chi connectivity index (χ3v) is 3.63. The summed E-state index contributed by atoms with van der Waals surface area (Å²) < 4.78 is 7.43. The Hall–Kier alpha value is -2.55. The number of aromatic nitrogens is 1. The predicted molar refractivity (Wildman–Crippen MR) is 84.1 cm³/mol. The Labute approximate surface area is 123 Å². The number of nitrogens with zero attached hydrogens (tertiary/aromatic N) is 1. The average Bonchev–Trinajstić information content (AvgIpc) is 2.86. The van der Waals surface area contributed by atoms with E-state index in [0.717, 1.165) is 34.2 Å². The highest BCUT2D eigenvalue weighted by atomic mass is 16.5. The van der Waals surface area contributed by atoms with Crippen LogP contribution in [0.5, 0.6) is 5.75 Å². The third-order valence-electron chi connectivity index (χ3n) is 3.63. The van der Waals surface area contributed by atoms with E-state index in [0.29, 0.717) is 12.3 Å². The smallest absolute Gasteiger partial charge is 0.167 e. The second kappa shape index (κ2) is 5.44. The Morgan fingerprint density at radius 2 is 2.00 bits per heavy atom. The lowest BCUT2D eigenvalue weighted by atomic mass is 10.0. The molecule has 0 N–H and O–H groups in total. The molecule has 0 saturated heterocycles. The van der Waals surface area contributed by atoms with Crippen molar-refractivity contribution in [2.45, 2.75) is 13.8 Å². The number of pyridine rings is 1. The van der Waals surface area contributed by atoms with Crippen LogP contribution in [0.25, 0.3) is 16.6 Å². The van der Waals surface area contributed by atoms with Crippen LogP contribution < -0.4 is 4.74 Å². The van der Waals surface area contributed by atoms with Crippen molar-refractivity contribution in [3.63, 3.8) is 0 Å². The van der Waals surface area contributed by atoms with Gasteiger partial charge in [-0.15, -0.1) is 0 Å². The van der Waals surface area contributed by atoms with Crippen LogP contribution >= 0.6 is 0 Å². The van der Waals surface area contributed by atoms with Gasteiger partial charge in [0, 0.05) is 17.3 Å². The van der Waals surface area contributed by atoms with Crippen LogP contribution in [0.1, 0.15) is 23.0 Å². The molecule has 2 heterocycles. The van der Waals surface area contributed by atoms with Crippen molar-refractivity contribution in [2.75, 3.05) is 6.61 Å². The lowest BCUT2D eigenvalue weighted by Crippen LogP contribution is -1.94. The lowest BCUT2D eigenvalue weighted by molar-refractivity contribution is 0.111. The Kier molecular flexibility index (Phi) is 3.48. The zero-order chi connectivity index (χ0) is 14.8. The van der Waals surface area contributed by atoms with Crippen LogP contribution in [0, 0.1) is 6.92 Å². The van der Waals surface area contributed by atoms with Gasteiger partial charge in [0.05, 0.1) is 12.3 Å². The molecule has 1 aromatic carbocycles. The van der Waals surface area contributed by atoms with Gasteiger partial charge in [-0.3, -0.25) is 4.79 Å². The van der Waals surface area contributed by atoms with E-state index >= 15 is 0 Å². The number of hydrogen-bond donors (Lipinski definition) is 0. The van der Waals surface area contributed by atoms with Crippen molar-refractivity contribution in [3.05, 3.63) is 59.9 Å². The van der Waals surface area contributed by atoms with Gasteiger partial charge in [0.2, 0.25) is 0 Å². The molecule has 0 aliphatic carbocycles. The second-order valence-corrected chi connectivity index (χ2v) is 4.97. The van der Waals surface area contributed by atoms with Gasteiger partial charge in [-0.1, -0.05) is 12.1 Å². The van der Waals surface area contributed by atoms with Gasteiger partial charge in [-0.05, 0) is 55.3 Å². The topological polar surface area (TPSA) is 30.7 Å². The minimum absolute atomic E-state index is 0.647. The molecule has 2 aromatic heterocycles. The van der Waals surface area contributed by atoms with Gasteiger partial charge in [-0.25, -0.2) is 0 Å². The molecule has 0 amide bonds. The Bertz CT molecular complexity index is 802. The van der Waals surface area contributed by atoms with Gasteiger partial charge in [0.15, 0.2) is 6.29 Å². The van der Waals surface area contributed by atoms with Gasteiger partial charge < -0.3 is 9.14 Å². The fourth-order valence-corrected chi connectivity index (χ4v) is 2.68. The van der Waals surface area contributed by atoms with E-state index in [1.165, 1.54) is 0 Å². The standard InChI is InChI=1S/C18H17NO2/c1-3-21-15-7-8-16(13(2)10-15)17-11-14-6-4-5-9-19(14)18(17)12-20/h4-12H,3H2,1-2H3. The quantitative estimate of drug-likeness (QED) is 0.672. The fourth-order valence-electron chi connectivity index (χ4n) is 2.68. The first-order valence-corrected chi connectivity index (χ1v) is 7.03. The highest BCUT2D eigenvalue weighted by Gasteiger charge is 2.13. The summed E-state index contributed by atoms with van der Waals surface area (Å²) in [5, 5.41) is 0. The number of aryl methyl sites for hydroxylation is 1. The summed E-state index contributed by atoms with van der Waals surface area (Å²) in [5.74, 6) is 0.857. The normalized spacial score (nSPS) is 10.8. The molecule has 0 fully saturated rings. The van der Waals surface area contributed by atoms with E-state index in [4.69, 9.17) is 4.74 Å². The number of ether oxygens (including phenoxy) is 1. The molecule has 0 saturated carbocycles. The molecular weight excluding hydrogens is 262 g/mol. The number of aldehydes is 1. The number of carbonyl (C=O) groups excluding carboxylic acids is 1. The highest BCUT2D eigenvalue weighted by molar-refractivity contribution is 5.90. The largest absolute Gasteiger partial charge is 0.494 e. The molecular formula is C18H17NO2. The molecule has 3 nitrogen and oxygen atoms in total. The maximum atomic E-state index is 11.5. The maximum Gasteiger partial charge on any atom is 0.167 e. The Balaban J connectivity index is 2.18. The fraction of sp³-hybridized carbons (Fsp3) is 0.167. The Morgan fingerprint density at radius 3 is 2.71 bits per heavy atom. The number of hydrogen-bond acceptors (Lipinski definition) is 2. The number of rotatable bonds is 4. The molecule has 0 bridgehead atoms. The van der Waals surface area contributed by atoms with Crippen LogP contribution in [0.3, 0.4) is 0 Å². The van der Waals surface area contributed by atoms with E-state index in [1.54, 1.807) is 0 Å².